The third kappa shape index (κ3) is 5.39. The van der Waals surface area contributed by atoms with Crippen LogP contribution in [0.2, 0.25) is 0 Å². The van der Waals surface area contributed by atoms with Gasteiger partial charge in [-0.3, -0.25) is 14.9 Å². The zero-order valence-electron chi connectivity index (χ0n) is 28.8. The first-order valence-corrected chi connectivity index (χ1v) is 17.0. The molecule has 248 valence electrons. The molecule has 1 unspecified atom stereocenters. The van der Waals surface area contributed by atoms with E-state index in [1.807, 2.05) is 23.1 Å². The Labute approximate surface area is 294 Å². The summed E-state index contributed by atoms with van der Waals surface area (Å²) in [6.45, 7) is 8.62. The highest BCUT2D eigenvalue weighted by Gasteiger charge is 2.49. The first-order chi connectivity index (χ1) is 24.1. The maximum absolute atomic E-state index is 14.8. The standard InChI is InChI=1S/C45H40N2O3/c1-32-20-24-34(25-21-32)44(4)31-43(2,3)46(42(48)33-22-27-39(28-23-33)47(49)50)41-30-38(26-29-40(41)44)45(35-14-8-5-9-15-35,36-16-10-6-11-17-36)37-18-12-7-13-19-37/h5-30H,31H2,1-4H3. The lowest BCUT2D eigenvalue weighted by atomic mass is 9.62. The summed E-state index contributed by atoms with van der Waals surface area (Å²) in [5.74, 6) is -0.195. The number of nitrogens with zero attached hydrogens (tertiary/aromatic N) is 2. The zero-order chi connectivity index (χ0) is 35.1. The van der Waals surface area contributed by atoms with E-state index < -0.39 is 21.3 Å². The lowest BCUT2D eigenvalue weighted by Crippen LogP contribution is -2.56. The van der Waals surface area contributed by atoms with Crippen molar-refractivity contribution in [3.63, 3.8) is 0 Å². The van der Waals surface area contributed by atoms with Gasteiger partial charge in [0.2, 0.25) is 0 Å². The SMILES string of the molecule is Cc1ccc(C2(C)CC(C)(C)N(C(=O)c3ccc([N+](=O)[O-])cc3)c3cc(C(c4ccccc4)(c4ccccc4)c4ccccc4)ccc32)cc1. The van der Waals surface area contributed by atoms with E-state index in [0.29, 0.717) is 12.0 Å². The van der Waals surface area contributed by atoms with Crippen LogP contribution >= 0.6 is 0 Å². The first-order valence-electron chi connectivity index (χ1n) is 17.0. The fourth-order valence-electron chi connectivity index (χ4n) is 8.26. The molecule has 5 nitrogen and oxygen atoms in total. The Kier molecular flexibility index (Phi) is 8.23. The number of non-ortho nitro benzene ring substituents is 1. The molecular formula is C45H40N2O3. The molecule has 0 saturated heterocycles. The van der Waals surface area contributed by atoms with Gasteiger partial charge in [0.15, 0.2) is 0 Å². The summed E-state index contributed by atoms with van der Waals surface area (Å²) in [6.07, 6.45) is 0.676. The molecule has 0 N–H and O–H groups in total. The van der Waals surface area contributed by atoms with Crippen LogP contribution in [0.3, 0.4) is 0 Å². The monoisotopic (exact) mass is 656 g/mol. The number of carbonyl (C=O) groups is 1. The molecule has 0 spiro atoms. The summed E-state index contributed by atoms with van der Waals surface area (Å²) in [5.41, 5.74) is 7.25. The molecule has 1 atom stereocenters. The number of anilines is 1. The summed E-state index contributed by atoms with van der Waals surface area (Å²) in [5, 5.41) is 11.5. The number of nitro groups is 1. The van der Waals surface area contributed by atoms with E-state index in [2.05, 4.69) is 143 Å². The summed E-state index contributed by atoms with van der Waals surface area (Å²) in [7, 11) is 0. The number of hydrogen-bond donors (Lipinski definition) is 0. The number of amides is 1. The van der Waals surface area contributed by atoms with Crippen molar-refractivity contribution in [1.29, 1.82) is 0 Å². The number of nitro benzene ring substituents is 1. The second-order valence-electron chi connectivity index (χ2n) is 14.2. The topological polar surface area (TPSA) is 63.5 Å². The number of aryl methyl sites for hydroxylation is 1. The van der Waals surface area contributed by atoms with E-state index in [1.54, 1.807) is 12.1 Å². The van der Waals surface area contributed by atoms with Gasteiger partial charge in [-0.25, -0.2) is 0 Å². The molecule has 1 heterocycles. The predicted molar refractivity (Wildman–Crippen MR) is 201 cm³/mol. The van der Waals surface area contributed by atoms with E-state index in [0.717, 1.165) is 33.5 Å². The minimum absolute atomic E-state index is 0.0487. The largest absolute Gasteiger partial charge is 0.302 e. The van der Waals surface area contributed by atoms with Crippen LogP contribution in [0.15, 0.2) is 158 Å². The van der Waals surface area contributed by atoms with Crippen molar-refractivity contribution in [1.82, 2.24) is 0 Å². The minimum atomic E-state index is -0.706. The van der Waals surface area contributed by atoms with E-state index in [1.165, 1.54) is 23.3 Å². The third-order valence-electron chi connectivity index (χ3n) is 10.5. The first kappa shape index (κ1) is 32.7. The summed E-state index contributed by atoms with van der Waals surface area (Å²) in [4.78, 5) is 27.7. The van der Waals surface area contributed by atoms with Gasteiger partial charge in [-0.1, -0.05) is 140 Å². The van der Waals surface area contributed by atoms with Crippen molar-refractivity contribution in [2.45, 2.75) is 50.5 Å². The van der Waals surface area contributed by atoms with Crippen LogP contribution in [0, 0.1) is 17.0 Å². The van der Waals surface area contributed by atoms with Gasteiger partial charge < -0.3 is 4.90 Å². The number of rotatable bonds is 7. The van der Waals surface area contributed by atoms with Gasteiger partial charge in [0, 0.05) is 34.3 Å². The number of carbonyl (C=O) groups excluding carboxylic acids is 1. The molecule has 5 heteroatoms. The molecule has 7 rings (SSSR count). The summed E-state index contributed by atoms with van der Waals surface area (Å²) in [6, 6.07) is 53.0. The number of benzene rings is 6. The number of fused-ring (bicyclic) bond motifs is 1. The maximum Gasteiger partial charge on any atom is 0.269 e. The predicted octanol–water partition coefficient (Wildman–Crippen LogP) is 10.4. The molecule has 0 aromatic heterocycles. The van der Waals surface area contributed by atoms with Gasteiger partial charge in [0.25, 0.3) is 11.6 Å². The average molecular weight is 657 g/mol. The zero-order valence-corrected chi connectivity index (χ0v) is 28.8. The molecule has 1 aliphatic heterocycles. The lowest BCUT2D eigenvalue weighted by Gasteiger charge is -2.52. The fourth-order valence-corrected chi connectivity index (χ4v) is 8.26. The fraction of sp³-hybridized carbons (Fsp3) is 0.178. The highest BCUT2D eigenvalue weighted by molar-refractivity contribution is 6.08. The van der Waals surface area contributed by atoms with Crippen LogP contribution in [0.5, 0.6) is 0 Å². The molecule has 0 radical (unpaired) electrons. The van der Waals surface area contributed by atoms with Crippen molar-refractivity contribution in [2.75, 3.05) is 4.90 Å². The smallest absolute Gasteiger partial charge is 0.269 e. The third-order valence-corrected chi connectivity index (χ3v) is 10.5. The molecule has 50 heavy (non-hydrogen) atoms. The molecule has 0 bridgehead atoms. The molecule has 6 aromatic rings. The van der Waals surface area contributed by atoms with Crippen LogP contribution in [-0.4, -0.2) is 16.4 Å². The molecule has 1 amide bonds. The maximum atomic E-state index is 14.8. The van der Waals surface area contributed by atoms with Gasteiger partial charge in [-0.05, 0) is 78.8 Å². The molecule has 1 aliphatic rings. The highest BCUT2D eigenvalue weighted by Crippen LogP contribution is 2.54. The van der Waals surface area contributed by atoms with Crippen molar-refractivity contribution in [2.24, 2.45) is 0 Å². The second-order valence-corrected chi connectivity index (χ2v) is 14.2. The van der Waals surface area contributed by atoms with E-state index >= 15 is 0 Å². The molecule has 0 saturated carbocycles. The Morgan fingerprint density at radius 3 is 1.64 bits per heavy atom. The van der Waals surface area contributed by atoms with Crippen molar-refractivity contribution >= 4 is 17.3 Å². The van der Waals surface area contributed by atoms with E-state index in [9.17, 15) is 14.9 Å². The van der Waals surface area contributed by atoms with Gasteiger partial charge in [-0.2, -0.15) is 0 Å². The van der Waals surface area contributed by atoms with Crippen LogP contribution in [-0.2, 0) is 10.8 Å². The lowest BCUT2D eigenvalue weighted by molar-refractivity contribution is -0.384. The van der Waals surface area contributed by atoms with Crippen LogP contribution in [0.4, 0.5) is 11.4 Å². The molecular weight excluding hydrogens is 617 g/mol. The summed E-state index contributed by atoms with van der Waals surface area (Å²) < 4.78 is 0. The van der Waals surface area contributed by atoms with E-state index in [-0.39, 0.29) is 11.6 Å². The van der Waals surface area contributed by atoms with Gasteiger partial charge in [0.05, 0.1) is 10.3 Å². The van der Waals surface area contributed by atoms with Crippen LogP contribution in [0.25, 0.3) is 0 Å². The van der Waals surface area contributed by atoms with Crippen LogP contribution in [0.1, 0.15) is 76.5 Å². The van der Waals surface area contributed by atoms with Gasteiger partial charge in [-0.15, -0.1) is 0 Å². The molecule has 0 fully saturated rings. The molecule has 0 aliphatic carbocycles. The quantitative estimate of drug-likeness (QED) is 0.0976. The van der Waals surface area contributed by atoms with Gasteiger partial charge >= 0.3 is 0 Å². The Balaban J connectivity index is 1.54. The molecule has 6 aromatic carbocycles. The Morgan fingerprint density at radius 1 is 0.660 bits per heavy atom. The normalized spacial score (nSPS) is 16.8. The Morgan fingerprint density at radius 2 is 1.16 bits per heavy atom. The van der Waals surface area contributed by atoms with Gasteiger partial charge in [0.1, 0.15) is 0 Å². The second kappa shape index (κ2) is 12.6. The number of hydrogen-bond acceptors (Lipinski definition) is 3. The Bertz CT molecular complexity index is 2060. The average Bonchev–Trinajstić information content (AvgIpc) is 3.13. The van der Waals surface area contributed by atoms with Crippen molar-refractivity contribution in [3.8, 4) is 0 Å². The Hall–Kier alpha value is -5.81. The van der Waals surface area contributed by atoms with Crippen LogP contribution < -0.4 is 4.90 Å². The van der Waals surface area contributed by atoms with Crippen molar-refractivity contribution < 1.29 is 9.72 Å². The van der Waals surface area contributed by atoms with Crippen molar-refractivity contribution in [3.05, 3.63) is 212 Å². The van der Waals surface area contributed by atoms with E-state index in [4.69, 9.17) is 0 Å². The summed E-state index contributed by atoms with van der Waals surface area (Å²) >= 11 is 0. The minimum Gasteiger partial charge on any atom is -0.302 e. The highest BCUT2D eigenvalue weighted by atomic mass is 16.6.